The van der Waals surface area contributed by atoms with E-state index in [1.807, 2.05) is 30.4 Å². The van der Waals surface area contributed by atoms with Crippen LogP contribution in [0.5, 0.6) is 0 Å². The highest BCUT2D eigenvalue weighted by Crippen LogP contribution is 2.13. The van der Waals surface area contributed by atoms with Gasteiger partial charge in [-0.05, 0) is 24.5 Å². The average Bonchev–Trinajstić information content (AvgIpc) is 2.31. The van der Waals surface area contributed by atoms with Gasteiger partial charge in [0.05, 0.1) is 12.7 Å². The Morgan fingerprint density at radius 2 is 2.06 bits per heavy atom. The van der Waals surface area contributed by atoms with Gasteiger partial charge < -0.3 is 4.74 Å². The molecule has 86 valence electrons. The second-order valence-electron chi connectivity index (χ2n) is 3.84. The van der Waals surface area contributed by atoms with Crippen LogP contribution in [-0.4, -0.2) is 6.10 Å². The number of hydrogen-bond acceptors (Lipinski definition) is 1. The van der Waals surface area contributed by atoms with Crippen LogP contribution in [0.1, 0.15) is 25.8 Å². The van der Waals surface area contributed by atoms with Crippen molar-refractivity contribution >= 4 is 0 Å². The summed E-state index contributed by atoms with van der Waals surface area (Å²) in [6.07, 6.45) is 5.00. The molecule has 1 rings (SSSR count). The quantitative estimate of drug-likeness (QED) is 0.650. The van der Waals surface area contributed by atoms with Gasteiger partial charge in [0.1, 0.15) is 0 Å². The van der Waals surface area contributed by atoms with E-state index in [1.165, 1.54) is 11.1 Å². The summed E-state index contributed by atoms with van der Waals surface area (Å²) >= 11 is 0. The van der Waals surface area contributed by atoms with Gasteiger partial charge in [-0.2, -0.15) is 0 Å². The van der Waals surface area contributed by atoms with Crippen LogP contribution in [0.15, 0.2) is 54.6 Å². The van der Waals surface area contributed by atoms with Crippen LogP contribution < -0.4 is 0 Å². The summed E-state index contributed by atoms with van der Waals surface area (Å²) in [6.45, 7) is 8.59. The zero-order valence-corrected chi connectivity index (χ0v) is 10.1. The van der Waals surface area contributed by atoms with E-state index in [1.54, 1.807) is 0 Å². The second-order valence-corrected chi connectivity index (χ2v) is 3.84. The Morgan fingerprint density at radius 3 is 2.62 bits per heavy atom. The molecule has 0 radical (unpaired) electrons. The minimum atomic E-state index is 0.193. The lowest BCUT2D eigenvalue weighted by atomic mass is 10.1. The van der Waals surface area contributed by atoms with Crippen LogP contribution in [0.3, 0.4) is 0 Å². The van der Waals surface area contributed by atoms with E-state index in [0.29, 0.717) is 6.61 Å². The van der Waals surface area contributed by atoms with Crippen molar-refractivity contribution in [2.45, 2.75) is 33.0 Å². The number of allylic oxidation sites excluding steroid dienone is 2. The number of hydrogen-bond donors (Lipinski definition) is 0. The molecule has 0 N–H and O–H groups in total. The van der Waals surface area contributed by atoms with E-state index in [2.05, 4.69) is 32.6 Å². The van der Waals surface area contributed by atoms with Gasteiger partial charge in [0.25, 0.3) is 0 Å². The Morgan fingerprint density at radius 1 is 1.38 bits per heavy atom. The first-order valence-corrected chi connectivity index (χ1v) is 5.72. The van der Waals surface area contributed by atoms with Crippen LogP contribution in [0.25, 0.3) is 0 Å². The molecule has 0 aliphatic carbocycles. The van der Waals surface area contributed by atoms with E-state index in [9.17, 15) is 0 Å². The molecule has 1 atom stereocenters. The van der Waals surface area contributed by atoms with Crippen molar-refractivity contribution in [3.05, 3.63) is 60.2 Å². The summed E-state index contributed by atoms with van der Waals surface area (Å²) in [5.74, 6) is 0. The van der Waals surface area contributed by atoms with Gasteiger partial charge in [0.15, 0.2) is 0 Å². The molecule has 1 aromatic carbocycles. The maximum atomic E-state index is 5.88. The molecule has 0 aliphatic heterocycles. The van der Waals surface area contributed by atoms with Crippen molar-refractivity contribution in [3.8, 4) is 0 Å². The monoisotopic (exact) mass is 216 g/mol. The fraction of sp³-hybridized carbons (Fsp3) is 0.333. The lowest BCUT2D eigenvalue weighted by molar-refractivity contribution is 0.0621. The maximum Gasteiger partial charge on any atom is 0.0787 e. The molecule has 0 unspecified atom stereocenters. The summed E-state index contributed by atoms with van der Waals surface area (Å²) in [6, 6.07) is 10.3. The Bertz CT molecular complexity index is 338. The first-order chi connectivity index (χ1) is 7.77. The normalized spacial score (nSPS) is 13.5. The fourth-order valence-corrected chi connectivity index (χ4v) is 1.64. The largest absolute Gasteiger partial charge is 0.369 e. The first-order valence-electron chi connectivity index (χ1n) is 5.72. The lowest BCUT2D eigenvalue weighted by Gasteiger charge is -2.16. The van der Waals surface area contributed by atoms with Gasteiger partial charge in [-0.25, -0.2) is 0 Å². The Balaban J connectivity index is 2.52. The van der Waals surface area contributed by atoms with Gasteiger partial charge in [-0.3, -0.25) is 0 Å². The molecule has 0 heterocycles. The Kier molecular flexibility index (Phi) is 5.58. The summed E-state index contributed by atoms with van der Waals surface area (Å²) in [4.78, 5) is 0. The van der Waals surface area contributed by atoms with Crippen molar-refractivity contribution in [2.24, 2.45) is 0 Å². The van der Waals surface area contributed by atoms with Gasteiger partial charge in [-0.15, -0.1) is 0 Å². The molecule has 0 fully saturated rings. The van der Waals surface area contributed by atoms with E-state index >= 15 is 0 Å². The van der Waals surface area contributed by atoms with Crippen LogP contribution in [0.2, 0.25) is 0 Å². The molecule has 0 amide bonds. The molecule has 16 heavy (non-hydrogen) atoms. The molecular formula is C15H20O. The van der Waals surface area contributed by atoms with Crippen molar-refractivity contribution in [1.29, 1.82) is 0 Å². The third-order valence-electron chi connectivity index (χ3n) is 2.55. The maximum absolute atomic E-state index is 5.88. The first kappa shape index (κ1) is 12.7. The molecule has 0 aliphatic rings. The van der Waals surface area contributed by atoms with Gasteiger partial charge in [0.2, 0.25) is 0 Å². The highest BCUT2D eigenvalue weighted by Gasteiger charge is 2.07. The average molecular weight is 216 g/mol. The fourth-order valence-electron chi connectivity index (χ4n) is 1.64. The third-order valence-corrected chi connectivity index (χ3v) is 2.55. The highest BCUT2D eigenvalue weighted by molar-refractivity contribution is 5.15. The van der Waals surface area contributed by atoms with Gasteiger partial charge in [0, 0.05) is 0 Å². The molecular weight excluding hydrogens is 196 g/mol. The van der Waals surface area contributed by atoms with Crippen LogP contribution in [0.4, 0.5) is 0 Å². The molecule has 1 aromatic rings. The molecule has 0 saturated heterocycles. The molecule has 1 heteroatoms. The highest BCUT2D eigenvalue weighted by atomic mass is 16.5. The standard InChI is InChI=1S/C15H20O/c1-4-9-13(3)15(5-2)16-12-14-10-7-6-8-11-14/h4,6-11,15H,1,5,12H2,2-3H3/b13-9+/t15-/m1/s1. The molecule has 1 nitrogen and oxygen atoms in total. The smallest absolute Gasteiger partial charge is 0.0787 e. The van der Waals surface area contributed by atoms with Crippen molar-refractivity contribution < 1.29 is 4.74 Å². The third kappa shape index (κ3) is 4.03. The lowest BCUT2D eigenvalue weighted by Crippen LogP contribution is -2.13. The summed E-state index contributed by atoms with van der Waals surface area (Å²) in [5, 5.41) is 0. The minimum Gasteiger partial charge on any atom is -0.369 e. The molecule has 0 aromatic heterocycles. The van der Waals surface area contributed by atoms with E-state index < -0.39 is 0 Å². The molecule has 0 saturated carbocycles. The number of ether oxygens (including phenoxy) is 1. The number of rotatable bonds is 6. The van der Waals surface area contributed by atoms with E-state index in [4.69, 9.17) is 4.74 Å². The van der Waals surface area contributed by atoms with E-state index in [0.717, 1.165) is 6.42 Å². The van der Waals surface area contributed by atoms with Crippen molar-refractivity contribution in [1.82, 2.24) is 0 Å². The van der Waals surface area contributed by atoms with Crippen molar-refractivity contribution in [2.75, 3.05) is 0 Å². The number of benzene rings is 1. The van der Waals surface area contributed by atoms with Crippen LogP contribution >= 0.6 is 0 Å². The minimum absolute atomic E-state index is 0.193. The topological polar surface area (TPSA) is 9.23 Å². The SMILES string of the molecule is C=C/C=C(\C)[C@@H](CC)OCc1ccccc1. The zero-order valence-electron chi connectivity index (χ0n) is 10.1. The molecule has 0 bridgehead atoms. The summed E-state index contributed by atoms with van der Waals surface area (Å²) in [5.41, 5.74) is 2.45. The van der Waals surface area contributed by atoms with E-state index in [-0.39, 0.29) is 6.10 Å². The predicted octanol–water partition coefficient (Wildman–Crippen LogP) is 4.11. The predicted molar refractivity (Wildman–Crippen MR) is 69.3 cm³/mol. The Hall–Kier alpha value is -1.34. The van der Waals surface area contributed by atoms with Gasteiger partial charge >= 0.3 is 0 Å². The van der Waals surface area contributed by atoms with Crippen LogP contribution in [0, 0.1) is 0 Å². The van der Waals surface area contributed by atoms with Gasteiger partial charge in [-0.1, -0.05) is 56.0 Å². The zero-order chi connectivity index (χ0) is 11.8. The Labute approximate surface area is 98.5 Å². The molecule has 0 spiro atoms. The van der Waals surface area contributed by atoms with Crippen molar-refractivity contribution in [3.63, 3.8) is 0 Å². The van der Waals surface area contributed by atoms with Crippen LogP contribution in [-0.2, 0) is 11.3 Å². The summed E-state index contributed by atoms with van der Waals surface area (Å²) < 4.78 is 5.88. The second kappa shape index (κ2) is 7.02. The summed E-state index contributed by atoms with van der Waals surface area (Å²) in [7, 11) is 0.